The van der Waals surface area contributed by atoms with Gasteiger partial charge >= 0.3 is 0 Å². The number of fused-ring (bicyclic) bond motifs is 1. The molecule has 2 aromatic heterocycles. The second-order valence-electron chi connectivity index (χ2n) is 5.55. The lowest BCUT2D eigenvalue weighted by Gasteiger charge is -2.22. The average molecular weight is 312 g/mol. The molecule has 1 amide bonds. The van der Waals surface area contributed by atoms with Gasteiger partial charge in [0.1, 0.15) is 10.7 Å². The van der Waals surface area contributed by atoms with Gasteiger partial charge in [0.15, 0.2) is 0 Å². The third-order valence-corrected chi connectivity index (χ3v) is 5.18. The van der Waals surface area contributed by atoms with Gasteiger partial charge in [-0.05, 0) is 31.0 Å². The van der Waals surface area contributed by atoms with Gasteiger partial charge in [-0.3, -0.25) is 9.48 Å². The molecule has 0 N–H and O–H groups in total. The summed E-state index contributed by atoms with van der Waals surface area (Å²) in [5, 5.41) is 5.27. The molecule has 0 saturated carbocycles. The molecular weight excluding hydrogens is 296 g/mol. The van der Waals surface area contributed by atoms with Crippen LogP contribution in [-0.2, 0) is 7.05 Å². The molecule has 0 aliphatic carbocycles. The van der Waals surface area contributed by atoms with Crippen molar-refractivity contribution in [1.82, 2.24) is 19.7 Å². The van der Waals surface area contributed by atoms with E-state index in [1.54, 1.807) is 28.3 Å². The third-order valence-electron chi connectivity index (χ3n) is 4.04. The smallest absolute Gasteiger partial charge is 0.274 e. The number of nitrogens with zero attached hydrogens (tertiary/aromatic N) is 4. The second kappa shape index (κ2) is 5.21. The van der Waals surface area contributed by atoms with Crippen LogP contribution in [0.15, 0.2) is 36.5 Å². The maximum absolute atomic E-state index is 12.7. The first-order chi connectivity index (χ1) is 10.7. The fourth-order valence-corrected chi connectivity index (χ4v) is 4.09. The van der Waals surface area contributed by atoms with E-state index in [1.165, 1.54) is 4.70 Å². The monoisotopic (exact) mass is 312 g/mol. The minimum Gasteiger partial charge on any atom is -0.328 e. The SMILES string of the molecule is Cn1ccc(C(=O)N2CCC[C@@H]2c2nc3ccccc3s2)n1. The molecule has 1 aliphatic heterocycles. The van der Waals surface area contributed by atoms with Gasteiger partial charge in [0.05, 0.1) is 16.3 Å². The fraction of sp³-hybridized carbons (Fsp3) is 0.312. The summed E-state index contributed by atoms with van der Waals surface area (Å²) in [6.07, 6.45) is 3.79. The number of aromatic nitrogens is 3. The first-order valence-electron chi connectivity index (χ1n) is 7.38. The summed E-state index contributed by atoms with van der Waals surface area (Å²) >= 11 is 1.69. The van der Waals surface area contributed by atoms with Gasteiger partial charge in [0.2, 0.25) is 0 Å². The van der Waals surface area contributed by atoms with Crippen molar-refractivity contribution in [3.8, 4) is 0 Å². The molecule has 6 heteroatoms. The summed E-state index contributed by atoms with van der Waals surface area (Å²) in [5.74, 6) is 0.00218. The summed E-state index contributed by atoms with van der Waals surface area (Å²) in [4.78, 5) is 19.3. The fourth-order valence-electron chi connectivity index (χ4n) is 2.98. The Morgan fingerprint density at radius 2 is 2.18 bits per heavy atom. The van der Waals surface area contributed by atoms with E-state index in [9.17, 15) is 4.79 Å². The minimum absolute atomic E-state index is 0.00218. The second-order valence-corrected chi connectivity index (χ2v) is 6.61. The predicted molar refractivity (Wildman–Crippen MR) is 85.8 cm³/mol. The zero-order valence-corrected chi connectivity index (χ0v) is 13.1. The van der Waals surface area contributed by atoms with Crippen molar-refractivity contribution in [2.24, 2.45) is 7.05 Å². The molecule has 0 bridgehead atoms. The Morgan fingerprint density at radius 1 is 1.32 bits per heavy atom. The van der Waals surface area contributed by atoms with Crippen LogP contribution in [0.5, 0.6) is 0 Å². The van der Waals surface area contributed by atoms with Gasteiger partial charge in [0, 0.05) is 19.8 Å². The Labute approximate surface area is 132 Å². The number of hydrogen-bond donors (Lipinski definition) is 0. The lowest BCUT2D eigenvalue weighted by atomic mass is 10.2. The minimum atomic E-state index is 0.00218. The summed E-state index contributed by atoms with van der Waals surface area (Å²) < 4.78 is 2.84. The molecule has 0 radical (unpaired) electrons. The van der Waals surface area contributed by atoms with Crippen LogP contribution < -0.4 is 0 Å². The Bertz CT molecular complexity index is 804. The standard InChI is InChI=1S/C16H16N4OS/c1-19-10-8-12(18-19)16(21)20-9-4-6-13(20)15-17-11-5-2-3-7-14(11)22-15/h2-3,5,7-8,10,13H,4,6,9H2,1H3/t13-/m1/s1. The van der Waals surface area contributed by atoms with E-state index in [4.69, 9.17) is 4.98 Å². The van der Waals surface area contributed by atoms with Crippen molar-refractivity contribution in [3.05, 3.63) is 47.2 Å². The molecule has 22 heavy (non-hydrogen) atoms. The van der Waals surface area contributed by atoms with E-state index in [-0.39, 0.29) is 11.9 Å². The Hall–Kier alpha value is -2.21. The topological polar surface area (TPSA) is 51.0 Å². The largest absolute Gasteiger partial charge is 0.328 e. The number of benzene rings is 1. The maximum Gasteiger partial charge on any atom is 0.274 e. The molecule has 3 aromatic rings. The van der Waals surface area contributed by atoms with Gasteiger partial charge in [-0.15, -0.1) is 11.3 Å². The molecule has 1 aliphatic rings. The van der Waals surface area contributed by atoms with Crippen molar-refractivity contribution in [1.29, 1.82) is 0 Å². The predicted octanol–water partition coefficient (Wildman–Crippen LogP) is 3.01. The van der Waals surface area contributed by atoms with E-state index < -0.39 is 0 Å². The van der Waals surface area contributed by atoms with Gasteiger partial charge < -0.3 is 4.90 Å². The molecule has 1 aromatic carbocycles. The molecule has 112 valence electrons. The van der Waals surface area contributed by atoms with E-state index in [2.05, 4.69) is 11.2 Å². The quantitative estimate of drug-likeness (QED) is 0.731. The first kappa shape index (κ1) is 13.5. The lowest BCUT2D eigenvalue weighted by molar-refractivity contribution is 0.0729. The molecule has 1 fully saturated rings. The van der Waals surface area contributed by atoms with Crippen LogP contribution in [-0.4, -0.2) is 32.1 Å². The van der Waals surface area contributed by atoms with Crippen LogP contribution in [0.2, 0.25) is 0 Å². The van der Waals surface area contributed by atoms with Crippen molar-refractivity contribution < 1.29 is 4.79 Å². The van der Waals surface area contributed by atoms with Gasteiger partial charge in [0.25, 0.3) is 5.91 Å². The van der Waals surface area contributed by atoms with Gasteiger partial charge in [-0.1, -0.05) is 12.1 Å². The molecule has 1 saturated heterocycles. The van der Waals surface area contributed by atoms with Crippen molar-refractivity contribution in [2.75, 3.05) is 6.54 Å². The van der Waals surface area contributed by atoms with E-state index in [0.717, 1.165) is 29.9 Å². The highest BCUT2D eigenvalue weighted by Crippen LogP contribution is 2.37. The van der Waals surface area contributed by atoms with E-state index in [1.807, 2.05) is 30.1 Å². The number of rotatable bonds is 2. The number of hydrogen-bond acceptors (Lipinski definition) is 4. The molecule has 0 unspecified atom stereocenters. The third kappa shape index (κ3) is 2.20. The first-order valence-corrected chi connectivity index (χ1v) is 8.20. The number of carbonyl (C=O) groups is 1. The average Bonchev–Trinajstić information content (AvgIpc) is 3.24. The molecule has 3 heterocycles. The van der Waals surface area contributed by atoms with Crippen LogP contribution in [0.1, 0.15) is 34.4 Å². The maximum atomic E-state index is 12.7. The normalized spacial score (nSPS) is 18.2. The number of para-hydroxylation sites is 1. The number of thiazole rings is 1. The van der Waals surface area contributed by atoms with E-state index in [0.29, 0.717) is 5.69 Å². The molecular formula is C16H16N4OS. The van der Waals surface area contributed by atoms with Crippen LogP contribution in [0.4, 0.5) is 0 Å². The highest BCUT2D eigenvalue weighted by Gasteiger charge is 2.33. The van der Waals surface area contributed by atoms with Crippen molar-refractivity contribution >= 4 is 27.5 Å². The lowest BCUT2D eigenvalue weighted by Crippen LogP contribution is -2.30. The summed E-state index contributed by atoms with van der Waals surface area (Å²) in [6, 6.07) is 9.97. The number of amides is 1. The number of aryl methyl sites for hydroxylation is 1. The number of carbonyl (C=O) groups excluding carboxylic acids is 1. The Morgan fingerprint density at radius 3 is 2.95 bits per heavy atom. The summed E-state index contributed by atoms with van der Waals surface area (Å²) in [5.41, 5.74) is 1.52. The zero-order chi connectivity index (χ0) is 15.1. The summed E-state index contributed by atoms with van der Waals surface area (Å²) in [7, 11) is 1.83. The number of likely N-dealkylation sites (tertiary alicyclic amines) is 1. The zero-order valence-electron chi connectivity index (χ0n) is 12.3. The van der Waals surface area contributed by atoms with Crippen LogP contribution in [0.3, 0.4) is 0 Å². The van der Waals surface area contributed by atoms with Gasteiger partial charge in [-0.25, -0.2) is 4.98 Å². The van der Waals surface area contributed by atoms with Crippen LogP contribution in [0.25, 0.3) is 10.2 Å². The van der Waals surface area contributed by atoms with Crippen LogP contribution in [0, 0.1) is 0 Å². The Balaban J connectivity index is 1.67. The molecule has 5 nitrogen and oxygen atoms in total. The highest BCUT2D eigenvalue weighted by atomic mass is 32.1. The van der Waals surface area contributed by atoms with Crippen LogP contribution >= 0.6 is 11.3 Å². The van der Waals surface area contributed by atoms with Crippen molar-refractivity contribution in [2.45, 2.75) is 18.9 Å². The van der Waals surface area contributed by atoms with Gasteiger partial charge in [-0.2, -0.15) is 5.10 Å². The molecule has 1 atom stereocenters. The highest BCUT2D eigenvalue weighted by molar-refractivity contribution is 7.18. The van der Waals surface area contributed by atoms with Crippen molar-refractivity contribution in [3.63, 3.8) is 0 Å². The summed E-state index contributed by atoms with van der Waals surface area (Å²) in [6.45, 7) is 0.774. The molecule has 0 spiro atoms. The molecule has 4 rings (SSSR count). The van der Waals surface area contributed by atoms with E-state index >= 15 is 0 Å². The Kier molecular flexibility index (Phi) is 3.18.